The zero-order valence-corrected chi connectivity index (χ0v) is 20.8. The number of hydrogen-bond donors (Lipinski definition) is 1. The van der Waals surface area contributed by atoms with Crippen molar-refractivity contribution in [2.24, 2.45) is 0 Å². The summed E-state index contributed by atoms with van der Waals surface area (Å²) in [5.41, 5.74) is 1.88. The minimum Gasteiger partial charge on any atom is -0.325 e. The molecule has 0 saturated carbocycles. The highest BCUT2D eigenvalue weighted by Crippen LogP contribution is 2.28. The van der Waals surface area contributed by atoms with Gasteiger partial charge in [0.25, 0.3) is 5.56 Å². The van der Waals surface area contributed by atoms with Crippen molar-refractivity contribution in [1.82, 2.24) is 19.2 Å². The first-order valence-corrected chi connectivity index (χ1v) is 13.1. The average Bonchev–Trinajstić information content (AvgIpc) is 3.26. The van der Waals surface area contributed by atoms with Crippen LogP contribution < -0.4 is 10.9 Å². The smallest absolute Gasteiger partial charge is 0.262 e. The maximum atomic E-state index is 13.1. The van der Waals surface area contributed by atoms with Gasteiger partial charge in [-0.1, -0.05) is 37.2 Å². The lowest BCUT2D eigenvalue weighted by atomic mass is 10.1. The van der Waals surface area contributed by atoms with Crippen LogP contribution >= 0.6 is 23.5 Å². The summed E-state index contributed by atoms with van der Waals surface area (Å²) in [4.78, 5) is 38.3. The summed E-state index contributed by atoms with van der Waals surface area (Å²) >= 11 is 2.75. The van der Waals surface area contributed by atoms with Crippen LogP contribution in [0.15, 0.2) is 57.3 Å². The van der Waals surface area contributed by atoms with Gasteiger partial charge in [-0.25, -0.2) is 0 Å². The number of unbranched alkanes of at least 4 members (excludes halogenated alkanes) is 1. The van der Waals surface area contributed by atoms with E-state index in [0.717, 1.165) is 23.3 Å². The van der Waals surface area contributed by atoms with E-state index in [9.17, 15) is 14.4 Å². The first kappa shape index (κ1) is 24.0. The first-order valence-electron chi connectivity index (χ1n) is 10.9. The summed E-state index contributed by atoms with van der Waals surface area (Å²) in [5, 5.41) is 12.5. The molecular weight excluding hydrogens is 470 g/mol. The van der Waals surface area contributed by atoms with Crippen LogP contribution in [0.5, 0.6) is 0 Å². The van der Waals surface area contributed by atoms with Crippen molar-refractivity contribution in [3.8, 4) is 0 Å². The highest BCUT2D eigenvalue weighted by atomic mass is 32.2. The number of nitrogens with zero attached hydrogens (tertiary/aromatic N) is 4. The molecule has 0 aliphatic carbocycles. The van der Waals surface area contributed by atoms with Crippen LogP contribution in [0.1, 0.15) is 37.0 Å². The standard InChI is InChI=1S/C24H25N5O3S2/c1-4-5-12-28-22(32)17-8-6-7-9-19(17)29-23(28)26-27-24(29)34-14-20(31)16-10-11-18(25-15(2)30)21(13-16)33-3/h6-11,13H,4-5,12,14H2,1-3H3,(H,25,30). The Kier molecular flexibility index (Phi) is 7.38. The van der Waals surface area contributed by atoms with Gasteiger partial charge in [0.2, 0.25) is 11.7 Å². The van der Waals surface area contributed by atoms with E-state index < -0.39 is 0 Å². The van der Waals surface area contributed by atoms with E-state index >= 15 is 0 Å². The van der Waals surface area contributed by atoms with Crippen molar-refractivity contribution in [1.29, 1.82) is 0 Å². The molecular formula is C24H25N5O3S2. The third-order valence-electron chi connectivity index (χ3n) is 5.38. The number of ketones is 1. The first-order chi connectivity index (χ1) is 16.4. The fourth-order valence-corrected chi connectivity index (χ4v) is 5.13. The molecule has 4 rings (SSSR count). The van der Waals surface area contributed by atoms with Gasteiger partial charge in [0, 0.05) is 23.9 Å². The van der Waals surface area contributed by atoms with Gasteiger partial charge in [-0.15, -0.1) is 22.0 Å². The molecule has 34 heavy (non-hydrogen) atoms. The number of para-hydroxylation sites is 1. The summed E-state index contributed by atoms with van der Waals surface area (Å²) in [6, 6.07) is 12.6. The molecule has 4 aromatic rings. The molecule has 0 unspecified atom stereocenters. The Bertz CT molecular complexity index is 1440. The molecule has 0 saturated heterocycles. The monoisotopic (exact) mass is 495 g/mol. The van der Waals surface area contributed by atoms with Crippen molar-refractivity contribution < 1.29 is 9.59 Å². The number of nitrogens with one attached hydrogen (secondary N) is 1. The van der Waals surface area contributed by atoms with E-state index in [1.54, 1.807) is 28.8 Å². The van der Waals surface area contributed by atoms with Crippen molar-refractivity contribution in [2.75, 3.05) is 17.3 Å². The second-order valence-electron chi connectivity index (χ2n) is 7.75. The maximum Gasteiger partial charge on any atom is 0.262 e. The highest BCUT2D eigenvalue weighted by molar-refractivity contribution is 7.99. The van der Waals surface area contributed by atoms with E-state index in [1.807, 2.05) is 28.9 Å². The molecule has 0 fully saturated rings. The van der Waals surface area contributed by atoms with Crippen molar-refractivity contribution >= 4 is 57.6 Å². The summed E-state index contributed by atoms with van der Waals surface area (Å²) in [7, 11) is 0. The number of benzene rings is 2. The summed E-state index contributed by atoms with van der Waals surface area (Å²) < 4.78 is 3.52. The number of rotatable bonds is 9. The molecule has 8 nitrogen and oxygen atoms in total. The Morgan fingerprint density at radius 1 is 1.12 bits per heavy atom. The van der Waals surface area contributed by atoms with Gasteiger partial charge in [-0.05, 0) is 43.0 Å². The SMILES string of the molecule is CCCCn1c(=O)c2ccccc2n2c(SCC(=O)c3ccc(NC(C)=O)c(SC)c3)nnc12. The van der Waals surface area contributed by atoms with Crippen LogP contribution in [0.2, 0.25) is 0 Å². The van der Waals surface area contributed by atoms with Gasteiger partial charge in [0.05, 0.1) is 22.3 Å². The number of aromatic nitrogens is 4. The number of Topliss-reactive ketones (excluding diaryl/α,β-unsaturated/α-hetero) is 1. The molecule has 176 valence electrons. The lowest BCUT2D eigenvalue weighted by molar-refractivity contribution is -0.114. The molecule has 1 amide bonds. The fraction of sp³-hybridized carbons (Fsp3) is 0.292. The maximum absolute atomic E-state index is 13.1. The van der Waals surface area contributed by atoms with Gasteiger partial charge in [-0.3, -0.25) is 23.4 Å². The summed E-state index contributed by atoms with van der Waals surface area (Å²) in [6.45, 7) is 4.09. The minimum absolute atomic E-state index is 0.0602. The molecule has 2 aromatic carbocycles. The minimum atomic E-state index is -0.159. The Hall–Kier alpha value is -3.11. The number of anilines is 1. The van der Waals surface area contributed by atoms with Crippen LogP contribution in [0.25, 0.3) is 16.7 Å². The summed E-state index contributed by atoms with van der Waals surface area (Å²) in [5.74, 6) is 0.427. The molecule has 0 spiro atoms. The second kappa shape index (κ2) is 10.4. The molecule has 0 radical (unpaired) electrons. The lowest BCUT2D eigenvalue weighted by Gasteiger charge is -2.11. The van der Waals surface area contributed by atoms with E-state index in [1.165, 1.54) is 30.4 Å². The predicted molar refractivity (Wildman–Crippen MR) is 137 cm³/mol. The highest BCUT2D eigenvalue weighted by Gasteiger charge is 2.18. The number of carbonyl (C=O) groups is 2. The molecule has 2 heterocycles. The Morgan fingerprint density at radius 3 is 2.65 bits per heavy atom. The zero-order chi connectivity index (χ0) is 24.2. The van der Waals surface area contributed by atoms with E-state index in [-0.39, 0.29) is 23.0 Å². The van der Waals surface area contributed by atoms with Crippen LogP contribution in [-0.2, 0) is 11.3 Å². The Labute approximate surface area is 205 Å². The number of amides is 1. The Balaban J connectivity index is 1.66. The quantitative estimate of drug-likeness (QED) is 0.270. The molecule has 0 aliphatic heterocycles. The van der Waals surface area contributed by atoms with Gasteiger partial charge in [-0.2, -0.15) is 0 Å². The van der Waals surface area contributed by atoms with Crippen molar-refractivity contribution in [3.63, 3.8) is 0 Å². The van der Waals surface area contributed by atoms with Crippen LogP contribution in [0, 0.1) is 0 Å². The predicted octanol–water partition coefficient (Wildman–Crippen LogP) is 4.50. The number of hydrogen-bond acceptors (Lipinski definition) is 7. The van der Waals surface area contributed by atoms with Gasteiger partial charge in [0.15, 0.2) is 10.9 Å². The normalized spacial score (nSPS) is 11.3. The van der Waals surface area contributed by atoms with Crippen LogP contribution in [0.3, 0.4) is 0 Å². The van der Waals surface area contributed by atoms with Gasteiger partial charge in [0.1, 0.15) is 0 Å². The fourth-order valence-electron chi connectivity index (χ4n) is 3.72. The molecule has 2 aromatic heterocycles. The van der Waals surface area contributed by atoms with E-state index in [2.05, 4.69) is 22.4 Å². The molecule has 0 atom stereocenters. The van der Waals surface area contributed by atoms with Crippen LogP contribution in [-0.4, -0.2) is 42.9 Å². The number of carbonyl (C=O) groups excluding carboxylic acids is 2. The summed E-state index contributed by atoms with van der Waals surface area (Å²) in [6.07, 6.45) is 3.71. The number of thioether (sulfide) groups is 2. The van der Waals surface area contributed by atoms with E-state index in [0.29, 0.717) is 34.1 Å². The lowest BCUT2D eigenvalue weighted by Crippen LogP contribution is -2.23. The average molecular weight is 496 g/mol. The van der Waals surface area contributed by atoms with Gasteiger partial charge >= 0.3 is 0 Å². The zero-order valence-electron chi connectivity index (χ0n) is 19.2. The van der Waals surface area contributed by atoms with Crippen LogP contribution in [0.4, 0.5) is 5.69 Å². The largest absolute Gasteiger partial charge is 0.325 e. The number of fused-ring (bicyclic) bond motifs is 3. The van der Waals surface area contributed by atoms with Crippen molar-refractivity contribution in [2.45, 2.75) is 43.3 Å². The van der Waals surface area contributed by atoms with Gasteiger partial charge < -0.3 is 5.32 Å². The third kappa shape index (κ3) is 4.74. The molecule has 10 heteroatoms. The van der Waals surface area contributed by atoms with E-state index in [4.69, 9.17) is 0 Å². The number of aryl methyl sites for hydroxylation is 1. The molecule has 0 aliphatic rings. The van der Waals surface area contributed by atoms with Crippen molar-refractivity contribution in [3.05, 3.63) is 58.4 Å². The Morgan fingerprint density at radius 2 is 1.91 bits per heavy atom. The molecule has 1 N–H and O–H groups in total. The topological polar surface area (TPSA) is 98.4 Å². The third-order valence-corrected chi connectivity index (χ3v) is 7.09. The second-order valence-corrected chi connectivity index (χ2v) is 9.54. The molecule has 0 bridgehead atoms.